The molecule has 0 fully saturated rings. The number of nitrogens with zero attached hydrogens (tertiary/aromatic N) is 3. The van der Waals surface area contributed by atoms with Crippen molar-refractivity contribution in [1.82, 2.24) is 4.98 Å². The van der Waals surface area contributed by atoms with Crippen molar-refractivity contribution in [1.29, 1.82) is 0 Å². The summed E-state index contributed by atoms with van der Waals surface area (Å²) in [5, 5.41) is 11.0. The van der Waals surface area contributed by atoms with Crippen LogP contribution in [0.4, 0.5) is 11.6 Å². The third-order valence-electron chi connectivity index (χ3n) is 3.83. The van der Waals surface area contributed by atoms with Gasteiger partial charge in [-0.15, -0.1) is 0 Å². The molecular weight excluding hydrogens is 342 g/mol. The topological polar surface area (TPSA) is 104 Å². The maximum atomic E-state index is 12.4. The number of fused-ring (bicyclic) bond motifs is 1. The van der Waals surface area contributed by atoms with E-state index in [-0.39, 0.29) is 30.7 Å². The summed E-state index contributed by atoms with van der Waals surface area (Å²) in [6.45, 7) is 1.98. The second kappa shape index (κ2) is 7.26. The van der Waals surface area contributed by atoms with Gasteiger partial charge in [-0.1, -0.05) is 0 Å². The van der Waals surface area contributed by atoms with Crippen LogP contribution >= 0.6 is 0 Å². The number of hydrogen-bond donors (Lipinski definition) is 0. The third-order valence-corrected chi connectivity index (χ3v) is 3.83. The van der Waals surface area contributed by atoms with Gasteiger partial charge in [-0.05, 0) is 47.2 Å². The lowest BCUT2D eigenvalue weighted by Crippen LogP contribution is -2.46. The van der Waals surface area contributed by atoms with Crippen LogP contribution in [-0.4, -0.2) is 42.2 Å². The van der Waals surface area contributed by atoms with E-state index in [2.05, 4.69) is 4.98 Å². The summed E-state index contributed by atoms with van der Waals surface area (Å²) in [5.74, 6) is 1.10. The number of pyridine rings is 1. The summed E-state index contributed by atoms with van der Waals surface area (Å²) < 4.78 is 16.2. The highest BCUT2D eigenvalue weighted by atomic mass is 16.6. The van der Waals surface area contributed by atoms with E-state index in [9.17, 15) is 14.9 Å². The summed E-state index contributed by atoms with van der Waals surface area (Å²) in [4.78, 5) is 28.0. The Bertz CT molecular complexity index is 824. The van der Waals surface area contributed by atoms with Crippen LogP contribution in [0.1, 0.15) is 6.92 Å². The molecule has 2 heterocycles. The van der Waals surface area contributed by atoms with Gasteiger partial charge in [0.15, 0.2) is 11.9 Å². The molecule has 3 rings (SSSR count). The number of rotatable bonds is 6. The average Bonchev–Trinajstić information content (AvgIpc) is 2.65. The zero-order valence-corrected chi connectivity index (χ0v) is 14.2. The summed E-state index contributed by atoms with van der Waals surface area (Å²) in [7, 11) is 1.57. The number of amides is 1. The monoisotopic (exact) mass is 359 g/mol. The van der Waals surface area contributed by atoms with E-state index in [0.29, 0.717) is 17.2 Å². The Morgan fingerprint density at radius 2 is 1.92 bits per heavy atom. The van der Waals surface area contributed by atoms with Crippen molar-refractivity contribution in [3.63, 3.8) is 0 Å². The molecule has 0 spiro atoms. The predicted molar refractivity (Wildman–Crippen MR) is 91.8 cm³/mol. The molecule has 0 radical (unpaired) electrons. The minimum absolute atomic E-state index is 0.126. The molecule has 1 aromatic carbocycles. The number of carbonyl (C=O) groups excluding carboxylic acids is 1. The molecule has 1 aliphatic rings. The lowest BCUT2D eigenvalue weighted by molar-refractivity contribution is -0.389. The lowest BCUT2D eigenvalue weighted by atomic mass is 10.2. The van der Waals surface area contributed by atoms with E-state index in [0.717, 1.165) is 0 Å². The Balaban J connectivity index is 1.74. The van der Waals surface area contributed by atoms with Gasteiger partial charge in [0.1, 0.15) is 18.1 Å². The maximum Gasteiger partial charge on any atom is 0.366 e. The first kappa shape index (κ1) is 17.5. The number of nitro groups is 1. The Hall–Kier alpha value is -3.36. The van der Waals surface area contributed by atoms with Gasteiger partial charge in [-0.2, -0.15) is 0 Å². The molecule has 1 aromatic heterocycles. The Kier molecular flexibility index (Phi) is 4.87. The van der Waals surface area contributed by atoms with Crippen LogP contribution in [-0.2, 0) is 4.79 Å². The van der Waals surface area contributed by atoms with E-state index in [1.54, 1.807) is 38.3 Å². The van der Waals surface area contributed by atoms with Gasteiger partial charge < -0.3 is 24.3 Å². The lowest BCUT2D eigenvalue weighted by Gasteiger charge is -2.29. The van der Waals surface area contributed by atoms with E-state index in [4.69, 9.17) is 14.2 Å². The van der Waals surface area contributed by atoms with Crippen molar-refractivity contribution < 1.29 is 23.9 Å². The predicted octanol–water partition coefficient (Wildman–Crippen LogP) is 2.19. The highest BCUT2D eigenvalue weighted by Crippen LogP contribution is 2.33. The minimum Gasteiger partial charge on any atom is -0.497 e. The molecule has 2 aromatic rings. The van der Waals surface area contributed by atoms with Crippen LogP contribution in [0.5, 0.6) is 17.2 Å². The summed E-state index contributed by atoms with van der Waals surface area (Å²) in [6.07, 6.45) is -0.702. The number of hydrogen-bond acceptors (Lipinski definition) is 7. The number of carbonyl (C=O) groups is 1. The first-order chi connectivity index (χ1) is 12.5. The van der Waals surface area contributed by atoms with Crippen LogP contribution in [0, 0.1) is 10.1 Å². The maximum absolute atomic E-state index is 12.4. The second-order valence-electron chi connectivity index (χ2n) is 5.52. The summed E-state index contributed by atoms with van der Waals surface area (Å²) >= 11 is 0. The Morgan fingerprint density at radius 3 is 2.58 bits per heavy atom. The summed E-state index contributed by atoms with van der Waals surface area (Å²) in [6, 6.07) is 9.71. The highest BCUT2D eigenvalue weighted by molar-refractivity contribution is 5.98. The normalized spacial score (nSPS) is 15.8. The summed E-state index contributed by atoms with van der Waals surface area (Å²) in [5.41, 5.74) is 0. The Labute approximate surface area is 149 Å². The van der Waals surface area contributed by atoms with E-state index in [1.165, 1.54) is 17.0 Å². The second-order valence-corrected chi connectivity index (χ2v) is 5.52. The molecule has 0 saturated carbocycles. The van der Waals surface area contributed by atoms with Gasteiger partial charge in [-0.25, -0.2) is 0 Å². The molecule has 26 heavy (non-hydrogen) atoms. The number of ether oxygens (including phenoxy) is 3. The zero-order valence-electron chi connectivity index (χ0n) is 14.2. The van der Waals surface area contributed by atoms with Crippen molar-refractivity contribution in [2.24, 2.45) is 0 Å². The van der Waals surface area contributed by atoms with E-state index < -0.39 is 11.0 Å². The largest absolute Gasteiger partial charge is 0.497 e. The van der Waals surface area contributed by atoms with Crippen molar-refractivity contribution in [3.05, 3.63) is 46.5 Å². The molecule has 1 unspecified atom stereocenters. The molecule has 0 saturated heterocycles. The fourth-order valence-corrected chi connectivity index (χ4v) is 2.52. The van der Waals surface area contributed by atoms with Crippen LogP contribution in [0.25, 0.3) is 0 Å². The zero-order chi connectivity index (χ0) is 18.7. The van der Waals surface area contributed by atoms with Gasteiger partial charge in [0, 0.05) is 6.07 Å². The molecule has 1 atom stereocenters. The van der Waals surface area contributed by atoms with Crippen molar-refractivity contribution in [3.8, 4) is 17.2 Å². The number of methoxy groups -OCH3 is 1. The van der Waals surface area contributed by atoms with E-state index >= 15 is 0 Å². The van der Waals surface area contributed by atoms with Crippen molar-refractivity contribution in [2.75, 3.05) is 25.2 Å². The van der Waals surface area contributed by atoms with Gasteiger partial charge in [0.25, 0.3) is 11.7 Å². The SMILES string of the molecule is COc1ccc(OCCN2C(=O)C(C)Oc3ccc([N+](=O)[O-])nc32)cc1. The number of benzene rings is 1. The molecule has 136 valence electrons. The smallest absolute Gasteiger partial charge is 0.366 e. The van der Waals surface area contributed by atoms with Crippen LogP contribution in [0.3, 0.4) is 0 Å². The average molecular weight is 359 g/mol. The molecule has 9 heteroatoms. The van der Waals surface area contributed by atoms with Gasteiger partial charge in [-0.3, -0.25) is 9.69 Å². The van der Waals surface area contributed by atoms with Crippen LogP contribution in [0.15, 0.2) is 36.4 Å². The van der Waals surface area contributed by atoms with E-state index in [1.807, 2.05) is 0 Å². The van der Waals surface area contributed by atoms with Crippen molar-refractivity contribution >= 4 is 17.5 Å². The van der Waals surface area contributed by atoms with Crippen LogP contribution in [0.2, 0.25) is 0 Å². The minimum atomic E-state index is -0.702. The number of anilines is 1. The van der Waals surface area contributed by atoms with Crippen molar-refractivity contribution in [2.45, 2.75) is 13.0 Å². The first-order valence-corrected chi connectivity index (χ1v) is 7.90. The molecule has 0 aliphatic carbocycles. The third kappa shape index (κ3) is 3.51. The molecule has 1 aliphatic heterocycles. The molecule has 9 nitrogen and oxygen atoms in total. The highest BCUT2D eigenvalue weighted by Gasteiger charge is 2.36. The number of aromatic nitrogens is 1. The Morgan fingerprint density at radius 1 is 1.23 bits per heavy atom. The fraction of sp³-hybridized carbons (Fsp3) is 0.294. The molecule has 1 amide bonds. The van der Waals surface area contributed by atoms with Gasteiger partial charge in [0.05, 0.1) is 13.7 Å². The fourth-order valence-electron chi connectivity index (χ4n) is 2.52. The molecular formula is C17H17N3O6. The first-order valence-electron chi connectivity index (χ1n) is 7.90. The molecule has 0 bridgehead atoms. The van der Waals surface area contributed by atoms with Gasteiger partial charge in [0.2, 0.25) is 0 Å². The van der Waals surface area contributed by atoms with Gasteiger partial charge >= 0.3 is 5.82 Å². The standard InChI is InChI=1S/C17H17N3O6/c1-11-17(21)19(9-10-25-13-5-3-12(24-2)4-6-13)16-14(26-11)7-8-15(18-16)20(22)23/h3-8,11H,9-10H2,1-2H3. The van der Waals surface area contributed by atoms with Crippen LogP contribution < -0.4 is 19.1 Å². The molecule has 0 N–H and O–H groups in total. The quantitative estimate of drug-likeness (QED) is 0.575.